The normalized spacial score (nSPS) is 13.7. The summed E-state index contributed by atoms with van der Waals surface area (Å²) in [6.07, 6.45) is 0. The molecule has 0 saturated heterocycles. The van der Waals surface area contributed by atoms with Crippen molar-refractivity contribution in [3.05, 3.63) is 0 Å². The Morgan fingerprint density at radius 1 is 1.43 bits per heavy atom. The van der Waals surface area contributed by atoms with Gasteiger partial charge in [-0.1, -0.05) is 0 Å². The Labute approximate surface area is 40.3 Å². The van der Waals surface area contributed by atoms with E-state index in [4.69, 9.17) is 9.45 Å². The third-order valence-electron chi connectivity index (χ3n) is 0.197. The lowest BCUT2D eigenvalue weighted by Crippen LogP contribution is -1.85. The van der Waals surface area contributed by atoms with Crippen molar-refractivity contribution in [1.29, 1.82) is 0 Å². The summed E-state index contributed by atoms with van der Waals surface area (Å²) < 4.78 is 35.6. The smallest absolute Gasteiger partial charge is 0.246 e. The van der Waals surface area contributed by atoms with E-state index in [1.807, 2.05) is 0 Å². The minimum Gasteiger partial charge on any atom is -0.246 e. The Hall–Kier alpha value is -0.0300. The summed E-state index contributed by atoms with van der Waals surface area (Å²) in [6, 6.07) is 0. The molecule has 0 aromatic heterocycles. The van der Waals surface area contributed by atoms with Crippen LogP contribution < -0.4 is 0 Å². The second kappa shape index (κ2) is 1.83. The molecule has 1 atom stereocenters. The van der Waals surface area contributed by atoms with Gasteiger partial charge in [0.2, 0.25) is 0 Å². The van der Waals surface area contributed by atoms with Crippen LogP contribution in [0.15, 0.2) is 0 Å². The number of hydrogen-bond donors (Lipinski definition) is 2. The second-order valence-corrected chi connectivity index (χ2v) is 4.38. The Morgan fingerprint density at radius 3 is 1.57 bits per heavy atom. The maximum Gasteiger partial charge on any atom is 0.668 e. The average Bonchev–Trinajstić information content (AvgIpc) is 1.31. The van der Waals surface area contributed by atoms with Gasteiger partial charge < -0.3 is 0 Å². The Bertz CT molecular complexity index is 163. The van der Waals surface area contributed by atoms with Crippen LogP contribution >= 0.6 is 7.23 Å². The summed E-state index contributed by atoms with van der Waals surface area (Å²) >= 11 is 0. The molecule has 0 aromatic rings. The predicted octanol–water partition coefficient (Wildman–Crippen LogP) is -0.476. The van der Waals surface area contributed by atoms with E-state index in [0.29, 0.717) is 0 Å². The predicted molar refractivity (Wildman–Crippen MR) is 21.4 cm³/mol. The molecule has 0 aliphatic carbocycles. The second-order valence-electron chi connectivity index (χ2n) is 0.686. The van der Waals surface area contributed by atoms with Gasteiger partial charge >= 0.3 is 17.0 Å². The average molecular weight is 145 g/mol. The van der Waals surface area contributed by atoms with Crippen molar-refractivity contribution in [2.24, 2.45) is 0 Å². The van der Waals surface area contributed by atoms with Gasteiger partial charge in [0.1, 0.15) is 0 Å². The first kappa shape index (κ1) is 6.97. The molecule has 0 aliphatic rings. The van der Waals surface area contributed by atoms with Gasteiger partial charge in [0.15, 0.2) is 0 Å². The van der Waals surface area contributed by atoms with Crippen LogP contribution in [0.1, 0.15) is 0 Å². The molecule has 0 spiro atoms. The van der Waals surface area contributed by atoms with Crippen LogP contribution in [0.5, 0.6) is 0 Å². The van der Waals surface area contributed by atoms with Crippen molar-refractivity contribution < 1.29 is 22.4 Å². The molecule has 0 rings (SSSR count). The van der Waals surface area contributed by atoms with Crippen LogP contribution in [0.3, 0.4) is 0 Å². The van der Waals surface area contributed by atoms with Crippen LogP contribution in [0.4, 0.5) is 0 Å². The molecule has 42 valence electrons. The number of rotatable bonds is 1. The molecule has 0 aliphatic heterocycles. The molecular weight excluding hydrogens is 143 g/mol. The monoisotopic (exact) mass is 145 g/mol. The van der Waals surface area contributed by atoms with Gasteiger partial charge in [0.25, 0.3) is 0 Å². The summed E-state index contributed by atoms with van der Waals surface area (Å²) in [4.78, 5) is 7.56. The fraction of sp³-hybridized carbons (Fsp3) is 0. The van der Waals surface area contributed by atoms with Crippen LogP contribution in [0.25, 0.3) is 0 Å². The van der Waals surface area contributed by atoms with Crippen LogP contribution in [0.2, 0.25) is 0 Å². The van der Waals surface area contributed by atoms with E-state index in [2.05, 4.69) is 0 Å². The molecule has 0 bridgehead atoms. The first-order chi connectivity index (χ1) is 2.94. The maximum atomic E-state index is 9.35. The van der Waals surface area contributed by atoms with Crippen LogP contribution in [-0.4, -0.2) is 17.9 Å². The van der Waals surface area contributed by atoms with Crippen LogP contribution in [-0.2, 0) is 14.3 Å². The zero-order chi connectivity index (χ0) is 6.08. The fourth-order valence-corrected chi connectivity index (χ4v) is 0. The minimum atomic E-state index is -4.68. The minimum absolute atomic E-state index is 3.46. The van der Waals surface area contributed by atoms with E-state index >= 15 is 0 Å². The van der Waals surface area contributed by atoms with Gasteiger partial charge in [-0.15, -0.1) is 13.3 Å². The highest BCUT2D eigenvalue weighted by molar-refractivity contribution is 8.41. The molecule has 5 nitrogen and oxygen atoms in total. The highest BCUT2D eigenvalue weighted by atomic mass is 32.8. The lowest BCUT2D eigenvalue weighted by Gasteiger charge is -1.63. The van der Waals surface area contributed by atoms with Gasteiger partial charge in [-0.05, 0) is 4.57 Å². The lowest BCUT2D eigenvalue weighted by atomic mass is 15.9. The van der Waals surface area contributed by atoms with Crippen molar-refractivity contribution in [2.75, 3.05) is 0 Å². The van der Waals surface area contributed by atoms with Gasteiger partial charge in [0.05, 0.1) is 0 Å². The Morgan fingerprint density at radius 2 is 1.57 bits per heavy atom. The molecule has 1 unspecified atom stereocenters. The summed E-state index contributed by atoms with van der Waals surface area (Å²) in [5.41, 5.74) is 0. The maximum absolute atomic E-state index is 9.35. The summed E-state index contributed by atoms with van der Waals surface area (Å²) in [5, 5.41) is 0. The molecule has 0 radical (unpaired) electrons. The molecule has 0 saturated carbocycles. The largest absolute Gasteiger partial charge is 0.668 e. The molecule has 2 N–H and O–H groups in total. The van der Waals surface area contributed by atoms with Crippen molar-refractivity contribution in [3.63, 3.8) is 0 Å². The molecule has 7 heavy (non-hydrogen) atoms. The van der Waals surface area contributed by atoms with Gasteiger partial charge in [0, 0.05) is 0 Å². The van der Waals surface area contributed by atoms with Crippen molar-refractivity contribution in [1.82, 2.24) is 0 Å². The summed E-state index contributed by atoms with van der Waals surface area (Å²) in [7, 11) is -8.14. The van der Waals surface area contributed by atoms with Crippen molar-refractivity contribution >= 4 is 17.0 Å². The lowest BCUT2D eigenvalue weighted by molar-refractivity contribution is 0.472. The SMILES string of the molecule is O=[P+](O)S(=O)(=O)O. The Kier molecular flexibility index (Phi) is 1.82. The first-order valence-corrected chi connectivity index (χ1v) is 4.34. The van der Waals surface area contributed by atoms with E-state index in [0.717, 1.165) is 0 Å². The van der Waals surface area contributed by atoms with E-state index in [9.17, 15) is 13.0 Å². The van der Waals surface area contributed by atoms with Crippen molar-refractivity contribution in [2.45, 2.75) is 0 Å². The summed E-state index contributed by atoms with van der Waals surface area (Å²) in [6.45, 7) is 0. The third-order valence-corrected chi connectivity index (χ3v) is 1.78. The third kappa shape index (κ3) is 2.64. The fourth-order valence-electron chi connectivity index (χ4n) is 0. The van der Waals surface area contributed by atoms with Gasteiger partial charge in [-0.25, -0.2) is 4.55 Å². The van der Waals surface area contributed by atoms with Gasteiger partial charge in [-0.3, -0.25) is 0 Å². The van der Waals surface area contributed by atoms with E-state index in [1.54, 1.807) is 0 Å². The molecular formula is H2O5PS+. The standard InChI is InChI=1S/HO5PS/c1-6(2)7(3,4)5/h(H-,1,2,3,4,5)/p+1. The molecule has 7 heteroatoms. The molecule has 0 amide bonds. The molecule has 0 heterocycles. The first-order valence-electron chi connectivity index (χ1n) is 1.08. The highest BCUT2D eigenvalue weighted by Gasteiger charge is 2.30. The zero-order valence-corrected chi connectivity index (χ0v) is 4.69. The topological polar surface area (TPSA) is 91.7 Å². The molecule has 0 aromatic carbocycles. The van der Waals surface area contributed by atoms with Crippen molar-refractivity contribution in [3.8, 4) is 0 Å². The Balaban J connectivity index is 4.43. The molecule has 0 fully saturated rings. The van der Waals surface area contributed by atoms with Gasteiger partial charge in [-0.2, -0.15) is 0 Å². The highest BCUT2D eigenvalue weighted by Crippen LogP contribution is 2.20. The van der Waals surface area contributed by atoms with E-state index in [1.165, 1.54) is 0 Å². The quantitative estimate of drug-likeness (QED) is 0.384. The number of hydrogen-bond acceptors (Lipinski definition) is 3. The van der Waals surface area contributed by atoms with E-state index in [-0.39, 0.29) is 0 Å². The van der Waals surface area contributed by atoms with E-state index < -0.39 is 17.0 Å². The zero-order valence-electron chi connectivity index (χ0n) is 2.97. The van der Waals surface area contributed by atoms with Crippen LogP contribution in [0, 0.1) is 0 Å². The summed E-state index contributed by atoms with van der Waals surface area (Å²) in [5.74, 6) is 0.